The van der Waals surface area contributed by atoms with E-state index in [4.69, 9.17) is 14.0 Å². The highest BCUT2D eigenvalue weighted by Crippen LogP contribution is 2.33. The third kappa shape index (κ3) is 7.83. The number of amides is 1. The Morgan fingerprint density at radius 3 is 2.48 bits per heavy atom. The number of carbonyl (C=O) groups is 1. The number of aliphatic hydroxyl groups is 1. The maximum atomic E-state index is 14.8. The van der Waals surface area contributed by atoms with Crippen molar-refractivity contribution in [2.75, 3.05) is 36.0 Å². The highest BCUT2D eigenvalue weighted by molar-refractivity contribution is 5.68. The molecule has 4 atom stereocenters. The zero-order valence-corrected chi connectivity index (χ0v) is 27.2. The number of anilines is 2. The van der Waals surface area contributed by atoms with E-state index >= 15 is 0 Å². The Hall–Kier alpha value is -4.07. The van der Waals surface area contributed by atoms with Crippen LogP contribution in [0.25, 0.3) is 0 Å². The fourth-order valence-corrected chi connectivity index (χ4v) is 5.81. The van der Waals surface area contributed by atoms with Crippen LogP contribution < -0.4 is 19.9 Å². The van der Waals surface area contributed by atoms with E-state index in [1.807, 2.05) is 23.6 Å². The standard InChI is InChI=1S/C32H43F2N7O5/c1-7-32(6,43)27-38-29(46-39-27)40-12-10-20(11-13-40)19(2)44-22-15-35-28(36-16-22)41-17-24(23-14-21(33)8-9-25(23)34)26(18-41)37-30(42)45-31(3,4)5/h8-9,14-16,19-20,24,26,43H,7,10-13,17-18H2,1-6H3,(H,37,42)/t19-,24+,26-,32?/m0/s1. The van der Waals surface area contributed by atoms with Gasteiger partial charge in [0.25, 0.3) is 0 Å². The lowest BCUT2D eigenvalue weighted by Gasteiger charge is -2.33. The van der Waals surface area contributed by atoms with Gasteiger partial charge in [-0.25, -0.2) is 23.5 Å². The first-order chi connectivity index (χ1) is 21.7. The first-order valence-electron chi connectivity index (χ1n) is 15.7. The molecule has 4 heterocycles. The molecule has 0 aliphatic carbocycles. The zero-order chi connectivity index (χ0) is 33.2. The summed E-state index contributed by atoms with van der Waals surface area (Å²) in [6.07, 6.45) is 4.62. The molecule has 0 spiro atoms. The molecular weight excluding hydrogens is 600 g/mol. The number of rotatable bonds is 9. The van der Waals surface area contributed by atoms with Crippen LogP contribution in [0.1, 0.15) is 78.1 Å². The summed E-state index contributed by atoms with van der Waals surface area (Å²) in [5.74, 6) is -0.229. The third-order valence-electron chi connectivity index (χ3n) is 8.66. The molecule has 1 aromatic carbocycles. The van der Waals surface area contributed by atoms with Crippen molar-refractivity contribution in [1.29, 1.82) is 0 Å². The number of ether oxygens (including phenoxy) is 2. The summed E-state index contributed by atoms with van der Waals surface area (Å²) in [6.45, 7) is 12.8. The van der Waals surface area contributed by atoms with E-state index in [-0.39, 0.29) is 36.5 Å². The van der Waals surface area contributed by atoms with Crippen LogP contribution in [0.3, 0.4) is 0 Å². The number of nitrogens with zero attached hydrogens (tertiary/aromatic N) is 6. The second-order valence-electron chi connectivity index (χ2n) is 13.3. The molecule has 5 rings (SSSR count). The van der Waals surface area contributed by atoms with Gasteiger partial charge in [0.1, 0.15) is 22.8 Å². The summed E-state index contributed by atoms with van der Waals surface area (Å²) in [5, 5.41) is 17.2. The van der Waals surface area contributed by atoms with Gasteiger partial charge in [-0.1, -0.05) is 12.1 Å². The lowest BCUT2D eigenvalue weighted by atomic mass is 9.92. The third-order valence-corrected chi connectivity index (χ3v) is 8.66. The molecule has 0 saturated carbocycles. The molecule has 250 valence electrons. The first-order valence-corrected chi connectivity index (χ1v) is 15.7. The fraction of sp³-hybridized carbons (Fsp3) is 0.594. The van der Waals surface area contributed by atoms with Gasteiger partial charge in [0, 0.05) is 32.1 Å². The number of hydrogen-bond acceptors (Lipinski definition) is 11. The van der Waals surface area contributed by atoms with Crippen LogP contribution in [0.2, 0.25) is 0 Å². The largest absolute Gasteiger partial charge is 0.487 e. The minimum absolute atomic E-state index is 0.106. The van der Waals surface area contributed by atoms with E-state index in [0.29, 0.717) is 37.2 Å². The monoisotopic (exact) mass is 643 g/mol. The predicted octanol–water partition coefficient (Wildman–Crippen LogP) is 4.94. The second-order valence-corrected chi connectivity index (χ2v) is 13.3. The first kappa shape index (κ1) is 33.3. The summed E-state index contributed by atoms with van der Waals surface area (Å²) >= 11 is 0. The smallest absolute Gasteiger partial charge is 0.407 e. The topological polar surface area (TPSA) is 139 Å². The van der Waals surface area contributed by atoms with Gasteiger partial charge in [-0.2, -0.15) is 4.98 Å². The molecule has 46 heavy (non-hydrogen) atoms. The van der Waals surface area contributed by atoms with E-state index in [2.05, 4.69) is 25.4 Å². The van der Waals surface area contributed by atoms with Crippen molar-refractivity contribution >= 4 is 18.1 Å². The molecule has 2 aliphatic rings. The second kappa shape index (κ2) is 13.3. The number of benzene rings is 1. The van der Waals surface area contributed by atoms with Crippen molar-refractivity contribution in [2.24, 2.45) is 5.92 Å². The Bertz CT molecular complexity index is 1490. The average Bonchev–Trinajstić information content (AvgIpc) is 3.67. The van der Waals surface area contributed by atoms with E-state index in [1.165, 1.54) is 0 Å². The van der Waals surface area contributed by atoms with Crippen LogP contribution in [-0.2, 0) is 10.3 Å². The van der Waals surface area contributed by atoms with E-state index in [1.54, 1.807) is 40.1 Å². The molecule has 2 aliphatic heterocycles. The Labute approximate surface area is 267 Å². The van der Waals surface area contributed by atoms with Gasteiger partial charge in [-0.15, -0.1) is 0 Å². The predicted molar refractivity (Wildman–Crippen MR) is 166 cm³/mol. The van der Waals surface area contributed by atoms with Crippen LogP contribution in [0.5, 0.6) is 5.75 Å². The number of hydrogen-bond donors (Lipinski definition) is 2. The van der Waals surface area contributed by atoms with Gasteiger partial charge in [0.2, 0.25) is 11.8 Å². The van der Waals surface area contributed by atoms with Crippen molar-refractivity contribution in [2.45, 2.75) is 90.1 Å². The average molecular weight is 644 g/mol. The molecule has 0 bridgehead atoms. The highest BCUT2D eigenvalue weighted by atomic mass is 19.1. The number of aromatic nitrogens is 4. The molecule has 2 fully saturated rings. The van der Waals surface area contributed by atoms with Crippen molar-refractivity contribution in [3.63, 3.8) is 0 Å². The Morgan fingerprint density at radius 1 is 1.13 bits per heavy atom. The van der Waals surface area contributed by atoms with Crippen molar-refractivity contribution < 1.29 is 32.7 Å². The summed E-state index contributed by atoms with van der Waals surface area (Å²) in [7, 11) is 0. The van der Waals surface area contributed by atoms with Gasteiger partial charge < -0.3 is 34.2 Å². The Kier molecular flexibility index (Phi) is 9.66. The van der Waals surface area contributed by atoms with Crippen LogP contribution in [0, 0.1) is 17.6 Å². The van der Waals surface area contributed by atoms with E-state index in [0.717, 1.165) is 31.0 Å². The van der Waals surface area contributed by atoms with Gasteiger partial charge in [0.05, 0.1) is 24.5 Å². The number of carbonyl (C=O) groups excluding carboxylic acids is 1. The molecule has 14 heteroatoms. The van der Waals surface area contributed by atoms with Crippen molar-refractivity contribution in [1.82, 2.24) is 25.4 Å². The summed E-state index contributed by atoms with van der Waals surface area (Å²) in [5.41, 5.74) is -1.69. The summed E-state index contributed by atoms with van der Waals surface area (Å²) in [6, 6.07) is 3.15. The lowest BCUT2D eigenvalue weighted by molar-refractivity contribution is 0.0412. The zero-order valence-electron chi connectivity index (χ0n) is 27.2. The quantitative estimate of drug-likeness (QED) is 0.328. The summed E-state index contributed by atoms with van der Waals surface area (Å²) in [4.78, 5) is 29.9. The van der Waals surface area contributed by atoms with Crippen LogP contribution in [-0.4, -0.2) is 75.2 Å². The SMILES string of the molecule is CCC(C)(O)c1noc(N2CCC([C@H](C)Oc3cnc(N4C[C@H](NC(=O)OC(C)(C)C)[C@@H](c5cc(F)ccc5F)C4)nc3)CC2)n1. The number of piperidine rings is 1. The molecule has 0 radical (unpaired) electrons. The molecule has 2 N–H and O–H groups in total. The number of halogens is 2. The maximum absolute atomic E-state index is 14.8. The molecule has 3 aromatic rings. The molecule has 12 nitrogen and oxygen atoms in total. The van der Waals surface area contributed by atoms with Gasteiger partial charge in [-0.3, -0.25) is 0 Å². The number of nitrogens with one attached hydrogen (secondary N) is 1. The van der Waals surface area contributed by atoms with Gasteiger partial charge in [-0.05, 0) is 83.6 Å². The fourth-order valence-electron chi connectivity index (χ4n) is 5.81. The normalized spacial score (nSPS) is 21.2. The molecule has 2 saturated heterocycles. The molecular formula is C32H43F2N7O5. The Morgan fingerprint density at radius 2 is 1.83 bits per heavy atom. The minimum atomic E-state index is -1.13. The van der Waals surface area contributed by atoms with E-state index in [9.17, 15) is 18.7 Å². The molecule has 1 amide bonds. The van der Waals surface area contributed by atoms with Gasteiger partial charge >= 0.3 is 12.1 Å². The molecule has 2 aromatic heterocycles. The van der Waals surface area contributed by atoms with Crippen molar-refractivity contribution in [3.05, 3.63) is 53.6 Å². The number of alkyl carbamates (subject to hydrolysis) is 1. The van der Waals surface area contributed by atoms with Crippen LogP contribution in [0.4, 0.5) is 25.5 Å². The molecule has 1 unspecified atom stereocenters. The lowest BCUT2D eigenvalue weighted by Crippen LogP contribution is -2.43. The highest BCUT2D eigenvalue weighted by Gasteiger charge is 2.39. The summed E-state index contributed by atoms with van der Waals surface area (Å²) < 4.78 is 46.0. The van der Waals surface area contributed by atoms with Crippen molar-refractivity contribution in [3.8, 4) is 5.75 Å². The van der Waals surface area contributed by atoms with E-state index < -0.39 is 40.9 Å². The minimum Gasteiger partial charge on any atom is -0.487 e. The van der Waals surface area contributed by atoms with Gasteiger partial charge in [0.15, 0.2) is 5.75 Å². The van der Waals surface area contributed by atoms with Crippen LogP contribution >= 0.6 is 0 Å². The van der Waals surface area contributed by atoms with Crippen LogP contribution in [0.15, 0.2) is 35.1 Å². The maximum Gasteiger partial charge on any atom is 0.407 e. The Balaban J connectivity index is 1.19.